The lowest BCUT2D eigenvalue weighted by molar-refractivity contribution is -0.122. The van der Waals surface area contributed by atoms with Gasteiger partial charge in [-0.2, -0.15) is 0 Å². The van der Waals surface area contributed by atoms with Crippen LogP contribution in [-0.4, -0.2) is 32.2 Å². The second kappa shape index (κ2) is 7.63. The first-order valence-corrected chi connectivity index (χ1v) is 5.92. The molecule has 0 saturated heterocycles. The second-order valence-electron chi connectivity index (χ2n) is 5.22. The molecule has 0 aromatic rings. The number of nitrogens with one attached hydrogen (secondary N) is 1. The largest absolute Gasteiger partial charge is 0.378 e. The molecule has 0 aliphatic rings. The molecule has 1 atom stereocenters. The van der Waals surface area contributed by atoms with Crippen molar-refractivity contribution in [3.63, 3.8) is 0 Å². The van der Waals surface area contributed by atoms with E-state index in [1.54, 1.807) is 0 Å². The molecule has 0 bridgehead atoms. The van der Waals surface area contributed by atoms with Crippen LogP contribution in [0.25, 0.3) is 0 Å². The lowest BCUT2D eigenvalue weighted by Gasteiger charge is -2.26. The van der Waals surface area contributed by atoms with Crippen molar-refractivity contribution in [1.82, 2.24) is 5.32 Å². The first-order valence-electron chi connectivity index (χ1n) is 5.92. The summed E-state index contributed by atoms with van der Waals surface area (Å²) < 4.78 is 5.17. The zero-order valence-electron chi connectivity index (χ0n) is 11.0. The monoisotopic (exact) mass is 230 g/mol. The Morgan fingerprint density at radius 3 is 2.50 bits per heavy atom. The molecule has 0 heterocycles. The van der Waals surface area contributed by atoms with Crippen molar-refractivity contribution in [3.05, 3.63) is 0 Å². The van der Waals surface area contributed by atoms with E-state index in [0.717, 1.165) is 0 Å². The summed E-state index contributed by atoms with van der Waals surface area (Å²) in [5.41, 5.74) is 5.45. The van der Waals surface area contributed by atoms with Crippen molar-refractivity contribution in [1.29, 1.82) is 0 Å². The van der Waals surface area contributed by atoms with Gasteiger partial charge in [-0.3, -0.25) is 4.79 Å². The van der Waals surface area contributed by atoms with Crippen molar-refractivity contribution in [2.75, 3.05) is 26.3 Å². The Balaban J connectivity index is 3.59. The zero-order chi connectivity index (χ0) is 12.6. The highest BCUT2D eigenvalue weighted by molar-refractivity contribution is 5.76. The molecule has 0 aromatic heterocycles. The van der Waals surface area contributed by atoms with Crippen molar-refractivity contribution in [3.8, 4) is 0 Å². The van der Waals surface area contributed by atoms with Gasteiger partial charge in [-0.1, -0.05) is 27.7 Å². The third-order valence-electron chi connectivity index (χ3n) is 2.80. The number of hydrogen-bond acceptors (Lipinski definition) is 3. The molecule has 16 heavy (non-hydrogen) atoms. The molecule has 4 heteroatoms. The Kier molecular flexibility index (Phi) is 7.34. The molecule has 0 spiro atoms. The summed E-state index contributed by atoms with van der Waals surface area (Å²) in [6, 6.07) is 0. The summed E-state index contributed by atoms with van der Waals surface area (Å²) in [5.74, 6) is 0.469. The molecular weight excluding hydrogens is 204 g/mol. The SMILES string of the molecule is CC(CC(=O)NCCOCCN)C(C)(C)C. The van der Waals surface area contributed by atoms with E-state index >= 15 is 0 Å². The Labute approximate surface area is 98.9 Å². The number of carbonyl (C=O) groups is 1. The summed E-state index contributed by atoms with van der Waals surface area (Å²) in [4.78, 5) is 11.5. The predicted molar refractivity (Wildman–Crippen MR) is 66.1 cm³/mol. The van der Waals surface area contributed by atoms with Crippen LogP contribution in [0.15, 0.2) is 0 Å². The van der Waals surface area contributed by atoms with Crippen LogP contribution >= 0.6 is 0 Å². The molecule has 0 saturated carbocycles. The first kappa shape index (κ1) is 15.4. The van der Waals surface area contributed by atoms with E-state index < -0.39 is 0 Å². The number of nitrogens with two attached hydrogens (primary N) is 1. The van der Waals surface area contributed by atoms with Gasteiger partial charge in [-0.05, 0) is 11.3 Å². The van der Waals surface area contributed by atoms with Crippen molar-refractivity contribution in [2.24, 2.45) is 17.1 Å². The average Bonchev–Trinajstić information content (AvgIpc) is 2.16. The van der Waals surface area contributed by atoms with E-state index in [0.29, 0.717) is 38.6 Å². The first-order chi connectivity index (χ1) is 7.38. The fourth-order valence-corrected chi connectivity index (χ4v) is 1.10. The van der Waals surface area contributed by atoms with Crippen molar-refractivity contribution < 1.29 is 9.53 Å². The van der Waals surface area contributed by atoms with Crippen LogP contribution in [-0.2, 0) is 9.53 Å². The molecule has 1 amide bonds. The van der Waals surface area contributed by atoms with Crippen LogP contribution in [0.4, 0.5) is 0 Å². The minimum absolute atomic E-state index is 0.0961. The van der Waals surface area contributed by atoms with E-state index in [9.17, 15) is 4.79 Å². The molecule has 1 unspecified atom stereocenters. The number of rotatable bonds is 7. The minimum Gasteiger partial charge on any atom is -0.378 e. The van der Waals surface area contributed by atoms with Crippen LogP contribution in [0.3, 0.4) is 0 Å². The Morgan fingerprint density at radius 2 is 2.00 bits per heavy atom. The van der Waals surface area contributed by atoms with Crippen LogP contribution in [0, 0.1) is 11.3 Å². The second-order valence-corrected chi connectivity index (χ2v) is 5.22. The fourth-order valence-electron chi connectivity index (χ4n) is 1.10. The van der Waals surface area contributed by atoms with E-state index in [4.69, 9.17) is 10.5 Å². The molecular formula is C12H26N2O2. The van der Waals surface area contributed by atoms with E-state index in [1.165, 1.54) is 0 Å². The maximum Gasteiger partial charge on any atom is 0.220 e. The standard InChI is InChI=1S/C12H26N2O2/c1-10(12(2,3)4)9-11(15)14-6-8-16-7-5-13/h10H,5-9,13H2,1-4H3,(H,14,15). The molecule has 0 rings (SSSR count). The van der Waals surface area contributed by atoms with Gasteiger partial charge in [0, 0.05) is 19.5 Å². The van der Waals surface area contributed by atoms with Gasteiger partial charge in [0.1, 0.15) is 0 Å². The van der Waals surface area contributed by atoms with Gasteiger partial charge in [0.25, 0.3) is 0 Å². The topological polar surface area (TPSA) is 64.3 Å². The Morgan fingerprint density at radius 1 is 1.38 bits per heavy atom. The molecule has 96 valence electrons. The molecule has 0 fully saturated rings. The summed E-state index contributed by atoms with van der Waals surface area (Å²) in [5, 5.41) is 2.84. The molecule has 0 aliphatic heterocycles. The summed E-state index contributed by atoms with van der Waals surface area (Å²) in [6.45, 7) is 10.7. The number of carbonyl (C=O) groups excluding carboxylic acids is 1. The molecule has 4 nitrogen and oxygen atoms in total. The van der Waals surface area contributed by atoms with E-state index in [2.05, 4.69) is 33.0 Å². The Bertz CT molecular complexity index is 200. The summed E-state index contributed by atoms with van der Waals surface area (Å²) >= 11 is 0. The third kappa shape index (κ3) is 7.65. The predicted octanol–water partition coefficient (Wildman–Crippen LogP) is 1.15. The zero-order valence-corrected chi connectivity index (χ0v) is 11.0. The van der Waals surface area contributed by atoms with Gasteiger partial charge in [-0.25, -0.2) is 0 Å². The lowest BCUT2D eigenvalue weighted by Crippen LogP contribution is -2.31. The maximum atomic E-state index is 11.5. The van der Waals surface area contributed by atoms with Crippen LogP contribution in [0.5, 0.6) is 0 Å². The smallest absolute Gasteiger partial charge is 0.220 e. The highest BCUT2D eigenvalue weighted by atomic mass is 16.5. The van der Waals surface area contributed by atoms with E-state index in [-0.39, 0.29) is 11.3 Å². The third-order valence-corrected chi connectivity index (χ3v) is 2.80. The summed E-state index contributed by atoms with van der Waals surface area (Å²) in [6.07, 6.45) is 0.570. The number of ether oxygens (including phenoxy) is 1. The van der Waals surface area contributed by atoms with Gasteiger partial charge < -0.3 is 15.8 Å². The highest BCUT2D eigenvalue weighted by Crippen LogP contribution is 2.27. The number of hydrogen-bond donors (Lipinski definition) is 2. The van der Waals surface area contributed by atoms with Gasteiger partial charge in [-0.15, -0.1) is 0 Å². The molecule has 3 N–H and O–H groups in total. The average molecular weight is 230 g/mol. The quantitative estimate of drug-likeness (QED) is 0.645. The minimum atomic E-state index is 0.0961. The Hall–Kier alpha value is -0.610. The van der Waals surface area contributed by atoms with Crippen molar-refractivity contribution in [2.45, 2.75) is 34.1 Å². The molecule has 0 aromatic carbocycles. The highest BCUT2D eigenvalue weighted by Gasteiger charge is 2.22. The maximum absolute atomic E-state index is 11.5. The molecule has 0 radical (unpaired) electrons. The lowest BCUT2D eigenvalue weighted by atomic mass is 9.80. The van der Waals surface area contributed by atoms with Gasteiger partial charge in [0.05, 0.1) is 13.2 Å². The van der Waals surface area contributed by atoms with Crippen LogP contribution < -0.4 is 11.1 Å². The van der Waals surface area contributed by atoms with Gasteiger partial charge in [0.15, 0.2) is 0 Å². The van der Waals surface area contributed by atoms with E-state index in [1.807, 2.05) is 0 Å². The van der Waals surface area contributed by atoms with Crippen LogP contribution in [0.2, 0.25) is 0 Å². The van der Waals surface area contributed by atoms with Gasteiger partial charge >= 0.3 is 0 Å². The normalized spacial score (nSPS) is 13.6. The number of amides is 1. The molecule has 0 aliphatic carbocycles. The van der Waals surface area contributed by atoms with Crippen LogP contribution in [0.1, 0.15) is 34.1 Å². The fraction of sp³-hybridized carbons (Fsp3) is 0.917. The summed E-state index contributed by atoms with van der Waals surface area (Å²) in [7, 11) is 0. The van der Waals surface area contributed by atoms with Gasteiger partial charge in [0.2, 0.25) is 5.91 Å². The van der Waals surface area contributed by atoms with Crippen molar-refractivity contribution >= 4 is 5.91 Å².